The molecule has 5 nitrogen and oxygen atoms in total. The lowest BCUT2D eigenvalue weighted by atomic mass is 10.1. The fourth-order valence-electron chi connectivity index (χ4n) is 3.62. The first kappa shape index (κ1) is 35.3. The summed E-state index contributed by atoms with van der Waals surface area (Å²) in [6.07, 6.45) is 2.87. The number of aliphatic hydroxyl groups is 1. The molecule has 232 valence electrons. The first-order valence-electron chi connectivity index (χ1n) is 13.2. The van der Waals surface area contributed by atoms with Gasteiger partial charge in [-0.2, -0.15) is 0 Å². The van der Waals surface area contributed by atoms with Gasteiger partial charge in [-0.05, 0) is 92.1 Å². The van der Waals surface area contributed by atoms with Crippen LogP contribution in [0.15, 0.2) is 96.1 Å². The third kappa shape index (κ3) is 10.4. The van der Waals surface area contributed by atoms with E-state index in [4.69, 9.17) is 19.3 Å². The molecule has 0 aliphatic heterocycles. The van der Waals surface area contributed by atoms with Gasteiger partial charge in [-0.25, -0.2) is 22.4 Å². The van der Waals surface area contributed by atoms with E-state index in [1.54, 1.807) is 74.5 Å². The predicted octanol–water partition coefficient (Wildman–Crippen LogP) is 9.51. The van der Waals surface area contributed by atoms with Crippen LogP contribution < -0.4 is 9.47 Å². The highest BCUT2D eigenvalue weighted by molar-refractivity contribution is 5.93. The molecule has 0 bridgehead atoms. The molecule has 0 saturated carbocycles. The molecule has 0 fully saturated rings. The van der Waals surface area contributed by atoms with E-state index in [-0.39, 0.29) is 31.8 Å². The van der Waals surface area contributed by atoms with Crippen LogP contribution in [0.4, 0.5) is 17.6 Å². The standard InChI is InChI=1S/C18H16F2O3.C16H14F2O2.CH4/c1-3-22-18(21)12(2)9-13-10-15(19)17(16(20)11-13)23-14-7-5-4-6-8-14;1-11(10-19)7-12-8-14(17)16(15(18)9-12)20-13-5-3-2-4-6-13;/h4-11H,3H2,1-2H3;2-9,19H,10H2,1H3;1H4/b12-9+;11-7+;. The Morgan fingerprint density at radius 1 is 0.705 bits per heavy atom. The lowest BCUT2D eigenvalue weighted by Gasteiger charge is -2.09. The molecule has 0 saturated heterocycles. The summed E-state index contributed by atoms with van der Waals surface area (Å²) in [5.74, 6) is -4.03. The number of esters is 1. The summed E-state index contributed by atoms with van der Waals surface area (Å²) in [5.41, 5.74) is 1.42. The SMILES string of the molecule is C.C/C(=C\c1cc(F)c(Oc2ccccc2)c(F)c1)CO.CCOC(=O)/C(C)=C/c1cc(F)c(Oc2ccccc2)c(F)c1. The number of carbonyl (C=O) groups is 1. The van der Waals surface area contributed by atoms with Crippen LogP contribution in [0.1, 0.15) is 39.3 Å². The predicted molar refractivity (Wildman–Crippen MR) is 163 cm³/mol. The third-order valence-electron chi connectivity index (χ3n) is 5.61. The molecule has 4 rings (SSSR count). The zero-order valence-corrected chi connectivity index (χ0v) is 23.7. The van der Waals surface area contributed by atoms with Crippen molar-refractivity contribution in [3.63, 3.8) is 0 Å². The van der Waals surface area contributed by atoms with Crippen LogP contribution in [-0.4, -0.2) is 24.3 Å². The van der Waals surface area contributed by atoms with E-state index in [2.05, 4.69) is 0 Å². The van der Waals surface area contributed by atoms with Crippen LogP contribution in [0.25, 0.3) is 12.2 Å². The molecule has 0 aliphatic carbocycles. The number of carbonyl (C=O) groups excluding carboxylic acids is 1. The molecule has 0 heterocycles. The van der Waals surface area contributed by atoms with Crippen molar-refractivity contribution in [1.82, 2.24) is 0 Å². The second kappa shape index (κ2) is 17.3. The summed E-state index contributed by atoms with van der Waals surface area (Å²) >= 11 is 0. The van der Waals surface area contributed by atoms with Crippen molar-refractivity contribution in [2.24, 2.45) is 0 Å². The maximum atomic E-state index is 14.1. The van der Waals surface area contributed by atoms with Gasteiger partial charge in [0.05, 0.1) is 13.2 Å². The molecule has 0 spiro atoms. The topological polar surface area (TPSA) is 65.0 Å². The van der Waals surface area contributed by atoms with Gasteiger partial charge in [-0.1, -0.05) is 49.9 Å². The Morgan fingerprint density at radius 2 is 1.09 bits per heavy atom. The number of para-hydroxylation sites is 2. The van der Waals surface area contributed by atoms with Crippen molar-refractivity contribution in [3.8, 4) is 23.0 Å². The minimum absolute atomic E-state index is 0. The first-order valence-corrected chi connectivity index (χ1v) is 13.2. The number of rotatable bonds is 9. The van der Waals surface area contributed by atoms with Crippen molar-refractivity contribution in [3.05, 3.63) is 130 Å². The van der Waals surface area contributed by atoms with Crippen molar-refractivity contribution in [2.45, 2.75) is 28.2 Å². The molecule has 0 unspecified atom stereocenters. The number of hydrogen-bond donors (Lipinski definition) is 1. The van der Waals surface area contributed by atoms with Gasteiger partial charge in [0.1, 0.15) is 11.5 Å². The van der Waals surface area contributed by atoms with Gasteiger partial charge in [0.2, 0.25) is 0 Å². The monoisotopic (exact) mass is 610 g/mol. The van der Waals surface area contributed by atoms with Crippen LogP contribution >= 0.6 is 0 Å². The summed E-state index contributed by atoms with van der Waals surface area (Å²) < 4.78 is 71.2. The van der Waals surface area contributed by atoms with Crippen molar-refractivity contribution in [2.75, 3.05) is 13.2 Å². The van der Waals surface area contributed by atoms with Crippen LogP contribution in [0, 0.1) is 23.3 Å². The van der Waals surface area contributed by atoms with Crippen molar-refractivity contribution < 1.29 is 41.7 Å². The quantitative estimate of drug-likeness (QED) is 0.116. The molecule has 1 N–H and O–H groups in total. The molecule has 0 amide bonds. The fraction of sp³-hybridized carbons (Fsp3) is 0.171. The van der Waals surface area contributed by atoms with E-state index < -0.39 is 40.7 Å². The van der Waals surface area contributed by atoms with E-state index in [9.17, 15) is 22.4 Å². The second-order valence-electron chi connectivity index (χ2n) is 9.15. The Hall–Kier alpha value is -4.89. The van der Waals surface area contributed by atoms with E-state index >= 15 is 0 Å². The lowest BCUT2D eigenvalue weighted by molar-refractivity contribution is -0.138. The summed E-state index contributed by atoms with van der Waals surface area (Å²) in [7, 11) is 0. The highest BCUT2D eigenvalue weighted by atomic mass is 19.1. The number of ether oxygens (including phenoxy) is 3. The van der Waals surface area contributed by atoms with E-state index in [1.807, 2.05) is 0 Å². The van der Waals surface area contributed by atoms with Crippen LogP contribution in [-0.2, 0) is 9.53 Å². The number of aliphatic hydroxyl groups excluding tert-OH is 1. The Morgan fingerprint density at radius 3 is 1.45 bits per heavy atom. The molecule has 0 aliphatic rings. The summed E-state index contributed by atoms with van der Waals surface area (Å²) in [5, 5.41) is 8.90. The van der Waals surface area contributed by atoms with E-state index in [0.29, 0.717) is 22.6 Å². The highest BCUT2D eigenvalue weighted by Crippen LogP contribution is 2.30. The maximum absolute atomic E-state index is 14.1. The number of halogens is 4. The average molecular weight is 611 g/mol. The third-order valence-corrected chi connectivity index (χ3v) is 5.61. The number of hydrogen-bond acceptors (Lipinski definition) is 5. The lowest BCUT2D eigenvalue weighted by Crippen LogP contribution is -2.05. The molecule has 9 heteroatoms. The molecule has 4 aromatic rings. The first-order chi connectivity index (χ1) is 20.6. The summed E-state index contributed by atoms with van der Waals surface area (Å²) in [4.78, 5) is 11.5. The van der Waals surface area contributed by atoms with E-state index in [0.717, 1.165) is 12.1 Å². The number of benzene rings is 4. The molecule has 4 aromatic carbocycles. The summed E-state index contributed by atoms with van der Waals surface area (Å²) in [6.45, 7) is 4.94. The van der Waals surface area contributed by atoms with Gasteiger partial charge < -0.3 is 19.3 Å². The van der Waals surface area contributed by atoms with E-state index in [1.165, 1.54) is 31.2 Å². The Kier molecular flexibility index (Phi) is 13.9. The largest absolute Gasteiger partial charge is 0.463 e. The fourth-order valence-corrected chi connectivity index (χ4v) is 3.62. The van der Waals surface area contributed by atoms with Crippen molar-refractivity contribution >= 4 is 18.1 Å². The Bertz CT molecular complexity index is 1540. The van der Waals surface area contributed by atoms with Gasteiger partial charge in [-0.15, -0.1) is 0 Å². The maximum Gasteiger partial charge on any atom is 0.333 e. The van der Waals surface area contributed by atoms with Gasteiger partial charge in [0.25, 0.3) is 0 Å². The molecule has 0 radical (unpaired) electrons. The summed E-state index contributed by atoms with van der Waals surface area (Å²) in [6, 6.07) is 21.3. The van der Waals surface area contributed by atoms with Crippen molar-refractivity contribution in [1.29, 1.82) is 0 Å². The van der Waals surface area contributed by atoms with Crippen LogP contribution in [0.3, 0.4) is 0 Å². The van der Waals surface area contributed by atoms with Crippen LogP contribution in [0.5, 0.6) is 23.0 Å². The normalized spacial score (nSPS) is 11.1. The van der Waals surface area contributed by atoms with Gasteiger partial charge in [0, 0.05) is 5.57 Å². The van der Waals surface area contributed by atoms with Gasteiger partial charge >= 0.3 is 5.97 Å². The minimum Gasteiger partial charge on any atom is -0.463 e. The van der Waals surface area contributed by atoms with Gasteiger partial charge in [-0.3, -0.25) is 0 Å². The highest BCUT2D eigenvalue weighted by Gasteiger charge is 2.15. The van der Waals surface area contributed by atoms with Crippen LogP contribution in [0.2, 0.25) is 0 Å². The second-order valence-corrected chi connectivity index (χ2v) is 9.15. The average Bonchev–Trinajstić information content (AvgIpc) is 2.98. The zero-order chi connectivity index (χ0) is 31.4. The molecular formula is C35H34F4O5. The molecular weight excluding hydrogens is 576 g/mol. The van der Waals surface area contributed by atoms with Gasteiger partial charge in [0.15, 0.2) is 34.8 Å². The Balaban J connectivity index is 0.000000303. The zero-order valence-electron chi connectivity index (χ0n) is 23.7. The minimum atomic E-state index is -0.850. The Labute approximate surface area is 254 Å². The molecule has 0 atom stereocenters. The molecule has 0 aromatic heterocycles. The molecule has 44 heavy (non-hydrogen) atoms. The smallest absolute Gasteiger partial charge is 0.333 e.